The van der Waals surface area contributed by atoms with Gasteiger partial charge in [-0.2, -0.15) is 0 Å². The molecule has 0 atom stereocenters. The van der Waals surface area contributed by atoms with Crippen LogP contribution in [0.2, 0.25) is 0 Å². The number of methoxy groups -OCH3 is 1. The van der Waals surface area contributed by atoms with Crippen LogP contribution in [0.1, 0.15) is 27.7 Å². The first-order valence-corrected chi connectivity index (χ1v) is 9.13. The van der Waals surface area contributed by atoms with Gasteiger partial charge < -0.3 is 9.84 Å². The lowest BCUT2D eigenvalue weighted by Crippen LogP contribution is -1.93. The first-order valence-electron chi connectivity index (χ1n) is 9.13. The van der Waals surface area contributed by atoms with E-state index in [1.807, 2.05) is 88.5 Å². The number of esters is 1. The summed E-state index contributed by atoms with van der Waals surface area (Å²) >= 11 is 0. The number of carbonyl (C=O) groups is 2. The molecule has 0 radical (unpaired) electrons. The number of ether oxygens (including phenoxy) is 1. The molecule has 0 aromatic heterocycles. The van der Waals surface area contributed by atoms with Crippen LogP contribution in [0.25, 0.3) is 0 Å². The van der Waals surface area contributed by atoms with Crippen molar-refractivity contribution in [2.45, 2.75) is 27.7 Å². The van der Waals surface area contributed by atoms with Gasteiger partial charge in [0, 0.05) is 12.2 Å². The zero-order chi connectivity index (χ0) is 22.1. The molecule has 0 saturated heterocycles. The normalized spacial score (nSPS) is 14.9. The van der Waals surface area contributed by atoms with Crippen molar-refractivity contribution >= 4 is 11.9 Å². The molecule has 4 heteroatoms. The van der Waals surface area contributed by atoms with Crippen molar-refractivity contribution in [3.63, 3.8) is 0 Å². The van der Waals surface area contributed by atoms with Gasteiger partial charge in [-0.05, 0) is 27.7 Å². The Hall–Kier alpha value is -3.40. The van der Waals surface area contributed by atoms with Gasteiger partial charge in [-0.25, -0.2) is 9.59 Å². The maximum atomic E-state index is 11.0. The second-order valence-electron chi connectivity index (χ2n) is 6.27. The van der Waals surface area contributed by atoms with Gasteiger partial charge in [0.15, 0.2) is 0 Å². The summed E-state index contributed by atoms with van der Waals surface area (Å²) in [4.78, 5) is 21.5. The van der Waals surface area contributed by atoms with Crippen molar-refractivity contribution in [2.75, 3.05) is 7.11 Å². The second kappa shape index (κ2) is 15.6. The Kier molecular flexibility index (Phi) is 13.8. The quantitative estimate of drug-likeness (QED) is 0.288. The molecule has 0 unspecified atom stereocenters. The maximum Gasteiger partial charge on any atom is 0.330 e. The van der Waals surface area contributed by atoms with Crippen molar-refractivity contribution in [3.05, 3.63) is 107 Å². The van der Waals surface area contributed by atoms with Gasteiger partial charge in [-0.15, -0.1) is 0 Å². The second-order valence-corrected chi connectivity index (χ2v) is 6.27. The fraction of sp³-hybridized carbons (Fsp3) is 0.200. The van der Waals surface area contributed by atoms with Crippen LogP contribution < -0.4 is 0 Å². The third kappa shape index (κ3) is 16.5. The van der Waals surface area contributed by atoms with Crippen molar-refractivity contribution < 1.29 is 19.4 Å². The average Bonchev–Trinajstić information content (AvgIpc) is 2.67. The van der Waals surface area contributed by atoms with Gasteiger partial charge in [0.25, 0.3) is 0 Å². The third-order valence-electron chi connectivity index (χ3n) is 3.44. The molecule has 0 aliphatic carbocycles. The molecule has 0 rings (SSSR count). The van der Waals surface area contributed by atoms with E-state index in [0.717, 1.165) is 28.4 Å². The van der Waals surface area contributed by atoms with Crippen LogP contribution in [0.4, 0.5) is 0 Å². The van der Waals surface area contributed by atoms with Crippen LogP contribution >= 0.6 is 0 Å². The molecule has 0 aliphatic rings. The van der Waals surface area contributed by atoms with E-state index in [2.05, 4.69) is 4.74 Å². The molecule has 0 aromatic carbocycles. The number of allylic oxidation sites excluding steroid dienone is 16. The molecule has 1 N–H and O–H groups in total. The minimum Gasteiger partial charge on any atom is -0.478 e. The summed E-state index contributed by atoms with van der Waals surface area (Å²) in [5, 5.41) is 8.58. The van der Waals surface area contributed by atoms with Crippen LogP contribution in [0.5, 0.6) is 0 Å². The van der Waals surface area contributed by atoms with E-state index in [1.165, 1.54) is 13.2 Å². The number of rotatable bonds is 10. The van der Waals surface area contributed by atoms with Crippen LogP contribution in [0.15, 0.2) is 107 Å². The fourth-order valence-corrected chi connectivity index (χ4v) is 1.81. The largest absolute Gasteiger partial charge is 0.478 e. The lowest BCUT2D eigenvalue weighted by Gasteiger charge is -1.91. The highest BCUT2D eigenvalue weighted by molar-refractivity contribution is 5.82. The fourth-order valence-electron chi connectivity index (χ4n) is 1.81. The van der Waals surface area contributed by atoms with E-state index in [-0.39, 0.29) is 5.97 Å². The van der Waals surface area contributed by atoms with Gasteiger partial charge in [-0.3, -0.25) is 0 Å². The molecule has 0 aliphatic heterocycles. The third-order valence-corrected chi connectivity index (χ3v) is 3.44. The molecule has 0 fully saturated rings. The number of aliphatic carboxylic acids is 1. The Labute approximate surface area is 174 Å². The Morgan fingerprint density at radius 3 is 1.38 bits per heavy atom. The molecular formula is C25H30O4. The minimum absolute atomic E-state index is 0.373. The molecule has 154 valence electrons. The predicted octanol–water partition coefficient (Wildman–Crippen LogP) is 5.81. The zero-order valence-electron chi connectivity index (χ0n) is 17.8. The highest BCUT2D eigenvalue weighted by Crippen LogP contribution is 2.02. The highest BCUT2D eigenvalue weighted by Gasteiger charge is 1.89. The summed E-state index contributed by atoms with van der Waals surface area (Å²) < 4.78 is 4.54. The topological polar surface area (TPSA) is 63.6 Å². The first-order chi connectivity index (χ1) is 13.7. The standard InChI is InChI=1S/C25H30O4/c1-20(12-8-14-22(3)16-18-24(26)27)10-6-7-11-21(2)13-9-15-23(4)17-19-25(28)29-5/h6-19H,1-5H3,(H,26,27)/b7-6+,12-8-,13-9+,18-16+,19-17+,20-10+,21-11+,22-14-,23-15-. The van der Waals surface area contributed by atoms with Crippen LogP contribution in [-0.4, -0.2) is 24.2 Å². The van der Waals surface area contributed by atoms with Crippen LogP contribution in [-0.2, 0) is 14.3 Å². The average molecular weight is 395 g/mol. The van der Waals surface area contributed by atoms with Crippen molar-refractivity contribution in [3.8, 4) is 0 Å². The number of hydrogen-bond acceptors (Lipinski definition) is 3. The number of carbonyl (C=O) groups excluding carboxylic acids is 1. The van der Waals surface area contributed by atoms with Gasteiger partial charge in [-0.1, -0.05) is 95.2 Å². The lowest BCUT2D eigenvalue weighted by atomic mass is 10.2. The Balaban J connectivity index is 4.67. The van der Waals surface area contributed by atoms with Crippen LogP contribution in [0, 0.1) is 0 Å². The number of hydrogen-bond donors (Lipinski definition) is 1. The summed E-state index contributed by atoms with van der Waals surface area (Å²) in [5.74, 6) is -1.33. The molecule has 4 nitrogen and oxygen atoms in total. The highest BCUT2D eigenvalue weighted by atomic mass is 16.5. The summed E-state index contributed by atoms with van der Waals surface area (Å²) in [7, 11) is 1.35. The summed E-state index contributed by atoms with van der Waals surface area (Å²) in [5.41, 5.74) is 3.98. The molecule has 0 bridgehead atoms. The molecule has 0 saturated carbocycles. The lowest BCUT2D eigenvalue weighted by molar-refractivity contribution is -0.135. The molecule has 0 amide bonds. The summed E-state index contributed by atoms with van der Waals surface area (Å²) in [6, 6.07) is 0. The van der Waals surface area contributed by atoms with Gasteiger partial charge in [0.05, 0.1) is 7.11 Å². The Morgan fingerprint density at radius 1 is 0.586 bits per heavy atom. The van der Waals surface area contributed by atoms with E-state index in [0.29, 0.717) is 0 Å². The Bertz CT molecular complexity index is 823. The molecule has 29 heavy (non-hydrogen) atoms. The molecule has 0 heterocycles. The molecule has 0 spiro atoms. The molecule has 0 aromatic rings. The van der Waals surface area contributed by atoms with Crippen molar-refractivity contribution in [1.82, 2.24) is 0 Å². The van der Waals surface area contributed by atoms with Crippen molar-refractivity contribution in [2.24, 2.45) is 0 Å². The summed E-state index contributed by atoms with van der Waals surface area (Å²) in [6.07, 6.45) is 25.2. The first kappa shape index (κ1) is 25.6. The number of carboxylic acids is 1. The van der Waals surface area contributed by atoms with Gasteiger partial charge >= 0.3 is 11.9 Å². The van der Waals surface area contributed by atoms with Crippen molar-refractivity contribution in [1.29, 1.82) is 0 Å². The zero-order valence-corrected chi connectivity index (χ0v) is 17.8. The molecular weight excluding hydrogens is 364 g/mol. The van der Waals surface area contributed by atoms with E-state index in [4.69, 9.17) is 5.11 Å². The van der Waals surface area contributed by atoms with E-state index in [1.54, 1.807) is 12.2 Å². The van der Waals surface area contributed by atoms with Crippen LogP contribution in [0.3, 0.4) is 0 Å². The predicted molar refractivity (Wildman–Crippen MR) is 120 cm³/mol. The summed E-state index contributed by atoms with van der Waals surface area (Å²) in [6.45, 7) is 7.74. The van der Waals surface area contributed by atoms with Gasteiger partial charge in [0.2, 0.25) is 0 Å². The van der Waals surface area contributed by atoms with Gasteiger partial charge in [0.1, 0.15) is 0 Å². The number of carboxylic acid groups (broad SMARTS) is 1. The maximum absolute atomic E-state index is 11.0. The van der Waals surface area contributed by atoms with E-state index < -0.39 is 5.97 Å². The minimum atomic E-state index is -0.956. The smallest absolute Gasteiger partial charge is 0.330 e. The monoisotopic (exact) mass is 394 g/mol. The SMILES string of the molecule is COC(=O)/C=C/C(C)=C\C=C\C(C)=C\C=C\C=C(C)\C=C/C=C(C)\C=C\C(=O)O. The Morgan fingerprint density at radius 2 is 0.966 bits per heavy atom. The van der Waals surface area contributed by atoms with E-state index >= 15 is 0 Å². The van der Waals surface area contributed by atoms with E-state index in [9.17, 15) is 9.59 Å².